The second-order valence-electron chi connectivity index (χ2n) is 3.87. The molecule has 0 bridgehead atoms. The van der Waals surface area contributed by atoms with Crippen molar-refractivity contribution in [2.24, 2.45) is 7.05 Å². The van der Waals surface area contributed by atoms with Crippen molar-refractivity contribution >= 4 is 47.6 Å². The minimum absolute atomic E-state index is 0.0187. The first-order valence-electron chi connectivity index (χ1n) is 5.15. The van der Waals surface area contributed by atoms with Crippen molar-refractivity contribution in [1.82, 2.24) is 15.0 Å². The van der Waals surface area contributed by atoms with Crippen LogP contribution in [0.5, 0.6) is 0 Å². The van der Waals surface area contributed by atoms with Gasteiger partial charge in [0.25, 0.3) is 10.0 Å². The quantitative estimate of drug-likeness (QED) is 0.844. The molecule has 1 N–H and O–H groups in total. The van der Waals surface area contributed by atoms with Crippen molar-refractivity contribution in [3.8, 4) is 0 Å². The van der Waals surface area contributed by atoms with Crippen LogP contribution in [0.4, 0.5) is 5.69 Å². The third-order valence-electron chi connectivity index (χ3n) is 2.42. The van der Waals surface area contributed by atoms with Crippen molar-refractivity contribution in [3.05, 3.63) is 32.8 Å². The summed E-state index contributed by atoms with van der Waals surface area (Å²) >= 11 is 6.40. The summed E-state index contributed by atoms with van der Waals surface area (Å²) < 4.78 is 29.4. The molecule has 0 radical (unpaired) electrons. The predicted molar refractivity (Wildman–Crippen MR) is 78.4 cm³/mol. The highest BCUT2D eigenvalue weighted by atomic mass is 79.9. The molecular weight excluding hydrogens is 400 g/mol. The van der Waals surface area contributed by atoms with Gasteiger partial charge in [-0.2, -0.15) is 8.42 Å². The van der Waals surface area contributed by atoms with Gasteiger partial charge in [-0.25, -0.2) is 4.68 Å². The van der Waals surface area contributed by atoms with Crippen molar-refractivity contribution in [2.45, 2.75) is 11.9 Å². The number of aromatic nitrogens is 3. The maximum absolute atomic E-state index is 12.3. The van der Waals surface area contributed by atoms with Crippen molar-refractivity contribution < 1.29 is 8.42 Å². The van der Waals surface area contributed by atoms with Gasteiger partial charge in [0.1, 0.15) is 0 Å². The van der Waals surface area contributed by atoms with E-state index in [2.05, 4.69) is 46.9 Å². The zero-order chi connectivity index (χ0) is 14.2. The van der Waals surface area contributed by atoms with E-state index in [0.717, 1.165) is 10.0 Å². The van der Waals surface area contributed by atoms with E-state index in [1.165, 1.54) is 11.7 Å². The predicted octanol–water partition coefficient (Wildman–Crippen LogP) is 2.45. The Balaban J connectivity index is 2.42. The average molecular weight is 410 g/mol. The number of rotatable bonds is 3. The van der Waals surface area contributed by atoms with Crippen LogP contribution in [0.3, 0.4) is 0 Å². The molecule has 0 amide bonds. The molecule has 1 aromatic heterocycles. The van der Waals surface area contributed by atoms with Crippen LogP contribution in [0.25, 0.3) is 0 Å². The first kappa shape index (κ1) is 14.5. The van der Waals surface area contributed by atoms with Gasteiger partial charge < -0.3 is 0 Å². The Morgan fingerprint density at radius 3 is 2.53 bits per heavy atom. The molecule has 0 aliphatic carbocycles. The molecule has 0 aliphatic heterocycles. The second kappa shape index (κ2) is 5.22. The van der Waals surface area contributed by atoms with Crippen LogP contribution in [0.2, 0.25) is 0 Å². The number of aryl methyl sites for hydroxylation is 2. The van der Waals surface area contributed by atoms with Gasteiger partial charge in [0.2, 0.25) is 5.03 Å². The van der Waals surface area contributed by atoms with E-state index in [4.69, 9.17) is 0 Å². The van der Waals surface area contributed by atoms with Gasteiger partial charge in [0, 0.05) is 11.5 Å². The molecule has 6 nitrogen and oxygen atoms in total. The molecule has 1 aromatic carbocycles. The zero-order valence-electron chi connectivity index (χ0n) is 10.1. The molecule has 0 saturated carbocycles. The lowest BCUT2D eigenvalue weighted by atomic mass is 10.2. The van der Waals surface area contributed by atoms with E-state index in [9.17, 15) is 8.42 Å². The third-order valence-corrected chi connectivity index (χ3v) is 5.17. The summed E-state index contributed by atoms with van der Waals surface area (Å²) in [6, 6.07) is 5.28. The molecule has 2 rings (SSSR count). The number of sulfonamides is 1. The molecule has 0 unspecified atom stereocenters. The topological polar surface area (TPSA) is 76.9 Å². The monoisotopic (exact) mass is 408 g/mol. The van der Waals surface area contributed by atoms with Crippen LogP contribution in [-0.2, 0) is 17.1 Å². The summed E-state index contributed by atoms with van der Waals surface area (Å²) in [7, 11) is -2.23. The van der Waals surface area contributed by atoms with E-state index < -0.39 is 10.0 Å². The van der Waals surface area contributed by atoms with Gasteiger partial charge in [-0.15, -0.1) is 5.10 Å². The number of hydrogen-bond acceptors (Lipinski definition) is 4. The number of halogens is 2. The normalized spacial score (nSPS) is 11.6. The Bertz CT molecular complexity index is 708. The number of nitrogens with one attached hydrogen (secondary N) is 1. The van der Waals surface area contributed by atoms with Gasteiger partial charge in [-0.3, -0.25) is 4.72 Å². The van der Waals surface area contributed by atoms with Crippen LogP contribution in [0.15, 0.2) is 32.3 Å². The van der Waals surface area contributed by atoms with Crippen molar-refractivity contribution in [3.63, 3.8) is 0 Å². The highest BCUT2D eigenvalue weighted by molar-refractivity contribution is 9.10. The molecule has 0 spiro atoms. The Morgan fingerprint density at radius 1 is 1.32 bits per heavy atom. The molecule has 19 heavy (non-hydrogen) atoms. The lowest BCUT2D eigenvalue weighted by molar-refractivity contribution is 0.578. The molecule has 2 aromatic rings. The molecular formula is C10H10Br2N4O2S. The van der Waals surface area contributed by atoms with Gasteiger partial charge in [-0.05, 0) is 46.6 Å². The van der Waals surface area contributed by atoms with E-state index >= 15 is 0 Å². The first-order chi connectivity index (χ1) is 8.81. The fourth-order valence-electron chi connectivity index (χ4n) is 1.54. The fourth-order valence-corrected chi connectivity index (χ4v) is 4.25. The van der Waals surface area contributed by atoms with E-state index in [1.54, 1.807) is 12.1 Å². The summed E-state index contributed by atoms with van der Waals surface area (Å²) in [5.41, 5.74) is 1.32. The summed E-state index contributed by atoms with van der Waals surface area (Å²) in [6.07, 6.45) is 0. The SMILES string of the molecule is Cc1cc(Br)ccc1NS(=O)(=O)c1c(Br)nnn1C. The van der Waals surface area contributed by atoms with E-state index in [0.29, 0.717) is 5.69 Å². The standard InChI is InChI=1S/C10H10Br2N4O2S/c1-6-5-7(11)3-4-8(6)14-19(17,18)10-9(12)13-15-16(10)2/h3-5,14H,1-2H3. The highest BCUT2D eigenvalue weighted by Gasteiger charge is 2.24. The minimum Gasteiger partial charge on any atom is -0.278 e. The van der Waals surface area contributed by atoms with Crippen LogP contribution < -0.4 is 4.72 Å². The van der Waals surface area contributed by atoms with Crippen molar-refractivity contribution in [1.29, 1.82) is 0 Å². The lowest BCUT2D eigenvalue weighted by Crippen LogP contribution is -2.17. The second-order valence-corrected chi connectivity index (χ2v) is 7.14. The van der Waals surface area contributed by atoms with E-state index in [1.807, 2.05) is 13.0 Å². The maximum Gasteiger partial charge on any atom is 0.281 e. The molecule has 0 aliphatic rings. The summed E-state index contributed by atoms with van der Waals surface area (Å²) in [5.74, 6) is 0. The molecule has 0 saturated heterocycles. The van der Waals surface area contributed by atoms with Crippen LogP contribution in [-0.4, -0.2) is 23.4 Å². The smallest absolute Gasteiger partial charge is 0.278 e. The van der Waals surface area contributed by atoms with Crippen LogP contribution in [0, 0.1) is 6.92 Å². The van der Waals surface area contributed by atoms with Crippen LogP contribution >= 0.6 is 31.9 Å². The Kier molecular flexibility index (Phi) is 3.98. The Hall–Kier alpha value is -0.930. The maximum atomic E-state index is 12.3. The van der Waals surface area contributed by atoms with Gasteiger partial charge >= 0.3 is 0 Å². The number of nitrogens with zero attached hydrogens (tertiary/aromatic N) is 3. The third kappa shape index (κ3) is 2.98. The van der Waals surface area contributed by atoms with Crippen molar-refractivity contribution in [2.75, 3.05) is 4.72 Å². The average Bonchev–Trinajstić information content (AvgIpc) is 2.63. The Labute approximate surface area is 127 Å². The number of benzene rings is 1. The fraction of sp³-hybridized carbons (Fsp3) is 0.200. The summed E-state index contributed by atoms with van der Waals surface area (Å²) in [4.78, 5) is 0. The number of hydrogen-bond donors (Lipinski definition) is 1. The largest absolute Gasteiger partial charge is 0.281 e. The molecule has 9 heteroatoms. The van der Waals surface area contributed by atoms with E-state index in [-0.39, 0.29) is 9.63 Å². The highest BCUT2D eigenvalue weighted by Crippen LogP contribution is 2.25. The zero-order valence-corrected chi connectivity index (χ0v) is 14.0. The number of anilines is 1. The lowest BCUT2D eigenvalue weighted by Gasteiger charge is -2.10. The first-order valence-corrected chi connectivity index (χ1v) is 8.22. The summed E-state index contributed by atoms with van der Waals surface area (Å²) in [6.45, 7) is 1.82. The minimum atomic E-state index is -3.74. The summed E-state index contributed by atoms with van der Waals surface area (Å²) in [5, 5.41) is 7.30. The Morgan fingerprint density at radius 2 is 2.00 bits per heavy atom. The van der Waals surface area contributed by atoms with Gasteiger partial charge in [0.05, 0.1) is 5.69 Å². The van der Waals surface area contributed by atoms with Gasteiger partial charge in [0.15, 0.2) is 4.60 Å². The molecule has 1 heterocycles. The van der Waals surface area contributed by atoms with Gasteiger partial charge in [-0.1, -0.05) is 21.1 Å². The van der Waals surface area contributed by atoms with Crippen LogP contribution in [0.1, 0.15) is 5.56 Å². The molecule has 0 fully saturated rings. The molecule has 0 atom stereocenters. The molecule has 102 valence electrons.